The molecule has 0 saturated carbocycles. The van der Waals surface area contributed by atoms with Gasteiger partial charge in [-0.3, -0.25) is 0 Å². The van der Waals surface area contributed by atoms with E-state index in [0.29, 0.717) is 11.9 Å². The lowest BCUT2D eigenvalue weighted by Gasteiger charge is -2.15. The highest BCUT2D eigenvalue weighted by molar-refractivity contribution is 5.34. The summed E-state index contributed by atoms with van der Waals surface area (Å²) in [6, 6.07) is 0. The van der Waals surface area contributed by atoms with Gasteiger partial charge >= 0.3 is 0 Å². The molecule has 5 heteroatoms. The summed E-state index contributed by atoms with van der Waals surface area (Å²) in [5.74, 6) is 1.77. The van der Waals surface area contributed by atoms with Crippen LogP contribution in [0.5, 0.6) is 0 Å². The van der Waals surface area contributed by atoms with Gasteiger partial charge in [-0.05, 0) is 19.8 Å². The summed E-state index contributed by atoms with van der Waals surface area (Å²) in [7, 11) is 0. The molecule has 0 unspecified atom stereocenters. The standard InChI is InChI=1S/C10H21N5/c1-5-14(6-2)10-12-9(11)15(13-10)7-8(3)4/h8H,5-7H2,1-4H3,(H2,11,12,13). The quantitative estimate of drug-likeness (QED) is 0.799. The van der Waals surface area contributed by atoms with Crippen LogP contribution in [0.1, 0.15) is 27.7 Å². The second-order valence-electron chi connectivity index (χ2n) is 4.02. The number of hydrogen-bond acceptors (Lipinski definition) is 4. The highest BCUT2D eigenvalue weighted by Gasteiger charge is 2.11. The average molecular weight is 211 g/mol. The minimum absolute atomic E-state index is 0.505. The van der Waals surface area contributed by atoms with E-state index in [4.69, 9.17) is 5.73 Å². The van der Waals surface area contributed by atoms with Crippen LogP contribution in [-0.2, 0) is 6.54 Å². The first-order valence-electron chi connectivity index (χ1n) is 5.53. The topological polar surface area (TPSA) is 60.0 Å². The van der Waals surface area contributed by atoms with Crippen LogP contribution in [0.25, 0.3) is 0 Å². The maximum absolute atomic E-state index is 5.80. The summed E-state index contributed by atoms with van der Waals surface area (Å²) in [6.45, 7) is 11.1. The smallest absolute Gasteiger partial charge is 0.246 e. The van der Waals surface area contributed by atoms with Gasteiger partial charge in [0.1, 0.15) is 0 Å². The Morgan fingerprint density at radius 2 is 1.93 bits per heavy atom. The SMILES string of the molecule is CCN(CC)c1nc(N)n(CC(C)C)n1. The predicted molar refractivity (Wildman–Crippen MR) is 62.8 cm³/mol. The Balaban J connectivity index is 2.84. The fraction of sp³-hybridized carbons (Fsp3) is 0.800. The number of hydrogen-bond donors (Lipinski definition) is 1. The van der Waals surface area contributed by atoms with Gasteiger partial charge in [-0.2, -0.15) is 4.98 Å². The van der Waals surface area contributed by atoms with E-state index in [0.717, 1.165) is 25.6 Å². The molecule has 0 fully saturated rings. The first-order valence-corrected chi connectivity index (χ1v) is 5.53. The maximum Gasteiger partial charge on any atom is 0.246 e. The van der Waals surface area contributed by atoms with Crippen LogP contribution in [0.4, 0.5) is 11.9 Å². The van der Waals surface area contributed by atoms with Crippen molar-refractivity contribution in [2.45, 2.75) is 34.2 Å². The Morgan fingerprint density at radius 1 is 1.33 bits per heavy atom. The first kappa shape index (κ1) is 11.8. The number of nitrogen functional groups attached to an aromatic ring is 1. The van der Waals surface area contributed by atoms with Crippen LogP contribution in [0, 0.1) is 5.92 Å². The molecule has 5 nitrogen and oxygen atoms in total. The number of anilines is 2. The van der Waals surface area contributed by atoms with E-state index < -0.39 is 0 Å². The average Bonchev–Trinajstić information content (AvgIpc) is 2.49. The molecule has 0 aliphatic heterocycles. The van der Waals surface area contributed by atoms with Crippen molar-refractivity contribution in [1.82, 2.24) is 14.8 Å². The molecule has 0 saturated heterocycles. The van der Waals surface area contributed by atoms with Gasteiger partial charge in [-0.15, -0.1) is 5.10 Å². The third kappa shape index (κ3) is 2.84. The minimum Gasteiger partial charge on any atom is -0.368 e. The zero-order chi connectivity index (χ0) is 11.4. The van der Waals surface area contributed by atoms with Gasteiger partial charge in [-0.25, -0.2) is 4.68 Å². The lowest BCUT2D eigenvalue weighted by molar-refractivity contribution is 0.487. The van der Waals surface area contributed by atoms with Crippen LogP contribution >= 0.6 is 0 Å². The molecule has 0 radical (unpaired) electrons. The van der Waals surface area contributed by atoms with E-state index in [2.05, 4.69) is 42.7 Å². The summed E-state index contributed by atoms with van der Waals surface area (Å²) in [6.07, 6.45) is 0. The molecule has 0 aliphatic rings. The second-order valence-corrected chi connectivity index (χ2v) is 4.02. The number of nitrogens with zero attached hydrogens (tertiary/aromatic N) is 4. The summed E-state index contributed by atoms with van der Waals surface area (Å²) in [5.41, 5.74) is 5.80. The van der Waals surface area contributed by atoms with Crippen molar-refractivity contribution < 1.29 is 0 Å². The third-order valence-electron chi connectivity index (χ3n) is 2.27. The van der Waals surface area contributed by atoms with E-state index in [1.165, 1.54) is 0 Å². The van der Waals surface area contributed by atoms with Gasteiger partial charge in [0, 0.05) is 19.6 Å². The third-order valence-corrected chi connectivity index (χ3v) is 2.27. The van der Waals surface area contributed by atoms with Crippen molar-refractivity contribution >= 4 is 11.9 Å². The predicted octanol–water partition coefficient (Wildman–Crippen LogP) is 1.36. The van der Waals surface area contributed by atoms with Crippen molar-refractivity contribution in [1.29, 1.82) is 0 Å². The molecular formula is C10H21N5. The highest BCUT2D eigenvalue weighted by atomic mass is 15.4. The molecule has 1 aromatic rings. The van der Waals surface area contributed by atoms with Crippen LogP contribution in [0.2, 0.25) is 0 Å². The Hall–Kier alpha value is -1.26. The Morgan fingerprint density at radius 3 is 2.40 bits per heavy atom. The van der Waals surface area contributed by atoms with Gasteiger partial charge in [-0.1, -0.05) is 13.8 Å². The van der Waals surface area contributed by atoms with E-state index in [1.54, 1.807) is 4.68 Å². The van der Waals surface area contributed by atoms with Gasteiger partial charge in [0.05, 0.1) is 0 Å². The largest absolute Gasteiger partial charge is 0.368 e. The van der Waals surface area contributed by atoms with Crippen molar-refractivity contribution in [3.63, 3.8) is 0 Å². The maximum atomic E-state index is 5.80. The lowest BCUT2D eigenvalue weighted by Crippen LogP contribution is -2.23. The zero-order valence-corrected chi connectivity index (χ0v) is 10.1. The van der Waals surface area contributed by atoms with E-state index >= 15 is 0 Å². The van der Waals surface area contributed by atoms with Crippen molar-refractivity contribution in [3.8, 4) is 0 Å². The second kappa shape index (κ2) is 5.00. The monoisotopic (exact) mass is 211 g/mol. The van der Waals surface area contributed by atoms with Crippen molar-refractivity contribution in [2.24, 2.45) is 5.92 Å². The van der Waals surface area contributed by atoms with Crippen LogP contribution in [-0.4, -0.2) is 27.9 Å². The summed E-state index contributed by atoms with van der Waals surface area (Å²) >= 11 is 0. The summed E-state index contributed by atoms with van der Waals surface area (Å²) < 4.78 is 1.78. The Labute approximate surface area is 91.3 Å². The molecule has 2 N–H and O–H groups in total. The van der Waals surface area contributed by atoms with Crippen molar-refractivity contribution in [2.75, 3.05) is 23.7 Å². The van der Waals surface area contributed by atoms with E-state index in [9.17, 15) is 0 Å². The van der Waals surface area contributed by atoms with Crippen LogP contribution in [0.3, 0.4) is 0 Å². The molecule has 1 rings (SSSR count). The molecular weight excluding hydrogens is 190 g/mol. The number of aromatic nitrogens is 3. The van der Waals surface area contributed by atoms with Gasteiger partial charge < -0.3 is 10.6 Å². The molecule has 0 aromatic carbocycles. The zero-order valence-electron chi connectivity index (χ0n) is 10.1. The molecule has 1 heterocycles. The normalized spacial score (nSPS) is 11.0. The van der Waals surface area contributed by atoms with Crippen molar-refractivity contribution in [3.05, 3.63) is 0 Å². The lowest BCUT2D eigenvalue weighted by atomic mass is 10.2. The van der Waals surface area contributed by atoms with Gasteiger partial charge in [0.15, 0.2) is 0 Å². The molecule has 0 bridgehead atoms. The fourth-order valence-corrected chi connectivity index (χ4v) is 1.46. The fourth-order valence-electron chi connectivity index (χ4n) is 1.46. The molecule has 0 aliphatic carbocycles. The van der Waals surface area contributed by atoms with Gasteiger partial charge in [0.2, 0.25) is 11.9 Å². The van der Waals surface area contributed by atoms with Crippen LogP contribution < -0.4 is 10.6 Å². The molecule has 86 valence electrons. The molecule has 15 heavy (non-hydrogen) atoms. The Bertz CT molecular complexity index is 301. The van der Waals surface area contributed by atoms with Crippen LogP contribution in [0.15, 0.2) is 0 Å². The van der Waals surface area contributed by atoms with E-state index in [-0.39, 0.29) is 0 Å². The molecule has 0 atom stereocenters. The summed E-state index contributed by atoms with van der Waals surface area (Å²) in [5, 5.41) is 4.40. The summed E-state index contributed by atoms with van der Waals surface area (Å²) in [4.78, 5) is 6.35. The van der Waals surface area contributed by atoms with E-state index in [1.807, 2.05) is 0 Å². The van der Waals surface area contributed by atoms with Gasteiger partial charge in [0.25, 0.3) is 0 Å². The highest BCUT2D eigenvalue weighted by Crippen LogP contribution is 2.12. The molecule has 0 spiro atoms. The number of rotatable bonds is 5. The molecule has 0 amide bonds. The Kier molecular flexibility index (Phi) is 3.94. The number of nitrogens with two attached hydrogens (primary N) is 1. The first-order chi connectivity index (χ1) is 7.08. The molecule has 1 aromatic heterocycles. The minimum atomic E-state index is 0.505.